The van der Waals surface area contributed by atoms with Crippen molar-refractivity contribution in [3.05, 3.63) is 48.0 Å². The number of rotatable bonds is 6. The zero-order chi connectivity index (χ0) is 19.5. The van der Waals surface area contributed by atoms with Crippen LogP contribution in [0.5, 0.6) is 11.5 Å². The maximum atomic E-state index is 11.9. The molecule has 0 bridgehead atoms. The highest BCUT2D eigenvalue weighted by atomic mass is 16.6. The largest absolute Gasteiger partial charge is 0.486 e. The molecule has 0 radical (unpaired) electrons. The minimum atomic E-state index is -0.139. The van der Waals surface area contributed by atoms with Gasteiger partial charge in [0.2, 0.25) is 0 Å². The van der Waals surface area contributed by atoms with E-state index in [1.807, 2.05) is 30.3 Å². The summed E-state index contributed by atoms with van der Waals surface area (Å²) in [5, 5.41) is 9.40. The Balaban J connectivity index is 1.43. The highest BCUT2D eigenvalue weighted by Gasteiger charge is 2.23. The van der Waals surface area contributed by atoms with E-state index in [-0.39, 0.29) is 12.1 Å². The average molecular weight is 381 g/mol. The highest BCUT2D eigenvalue weighted by molar-refractivity contribution is 5.89. The molecule has 0 saturated heterocycles. The molecule has 148 valence electrons. The first-order valence-electron chi connectivity index (χ1n) is 9.92. The fraction of sp³-hybridized carbons (Fsp3) is 0.409. The molecule has 2 amide bonds. The van der Waals surface area contributed by atoms with Crippen LogP contribution in [-0.4, -0.2) is 25.3 Å². The van der Waals surface area contributed by atoms with Gasteiger partial charge in [-0.05, 0) is 60.7 Å². The third kappa shape index (κ3) is 4.50. The summed E-state index contributed by atoms with van der Waals surface area (Å²) >= 11 is 0. The fourth-order valence-corrected chi connectivity index (χ4v) is 3.30. The van der Waals surface area contributed by atoms with Crippen molar-refractivity contribution >= 4 is 17.4 Å². The zero-order valence-corrected chi connectivity index (χ0v) is 16.3. The van der Waals surface area contributed by atoms with E-state index in [9.17, 15) is 4.79 Å². The summed E-state index contributed by atoms with van der Waals surface area (Å²) in [7, 11) is 0. The first kappa shape index (κ1) is 18.5. The third-order valence-corrected chi connectivity index (χ3v) is 4.97. The molecule has 28 heavy (non-hydrogen) atoms. The summed E-state index contributed by atoms with van der Waals surface area (Å²) in [5.41, 5.74) is 2.94. The summed E-state index contributed by atoms with van der Waals surface area (Å²) in [5.74, 6) is 1.99. The summed E-state index contributed by atoms with van der Waals surface area (Å²) in [4.78, 5) is 11.9. The molecule has 1 fully saturated rings. The Kier molecular flexibility index (Phi) is 5.28. The number of anilines is 2. The van der Waals surface area contributed by atoms with Gasteiger partial charge in [0.15, 0.2) is 11.5 Å². The monoisotopic (exact) mass is 381 g/mol. The van der Waals surface area contributed by atoms with Gasteiger partial charge in [-0.2, -0.15) is 0 Å². The highest BCUT2D eigenvalue weighted by Crippen LogP contribution is 2.35. The predicted molar refractivity (Wildman–Crippen MR) is 110 cm³/mol. The van der Waals surface area contributed by atoms with E-state index < -0.39 is 0 Å². The number of amides is 2. The number of benzene rings is 2. The van der Waals surface area contributed by atoms with Crippen molar-refractivity contribution in [1.29, 1.82) is 0 Å². The molecule has 1 aliphatic heterocycles. The number of urea groups is 1. The SMILES string of the molecule is CC(C)[C@@H](Nc1ccc(NC(=O)NC2CC2)cc1)c1ccc2c(c1)OCCO2. The maximum Gasteiger partial charge on any atom is 0.319 e. The Morgan fingerprint density at radius 2 is 1.64 bits per heavy atom. The van der Waals surface area contributed by atoms with Gasteiger partial charge in [0, 0.05) is 17.4 Å². The lowest BCUT2D eigenvalue weighted by atomic mass is 9.95. The Morgan fingerprint density at radius 3 is 2.32 bits per heavy atom. The maximum absolute atomic E-state index is 11.9. The van der Waals surface area contributed by atoms with Gasteiger partial charge in [-0.1, -0.05) is 19.9 Å². The van der Waals surface area contributed by atoms with Crippen LogP contribution in [0.3, 0.4) is 0 Å². The summed E-state index contributed by atoms with van der Waals surface area (Å²) in [6, 6.07) is 14.3. The molecule has 1 aliphatic carbocycles. The van der Waals surface area contributed by atoms with E-state index in [0.717, 1.165) is 41.3 Å². The van der Waals surface area contributed by atoms with E-state index in [1.165, 1.54) is 0 Å². The Bertz CT molecular complexity index is 831. The quantitative estimate of drug-likeness (QED) is 0.686. The zero-order valence-electron chi connectivity index (χ0n) is 16.3. The lowest BCUT2D eigenvalue weighted by molar-refractivity contribution is 0.171. The van der Waals surface area contributed by atoms with Crippen LogP contribution >= 0.6 is 0 Å². The molecular formula is C22H27N3O3. The second-order valence-electron chi connectivity index (χ2n) is 7.72. The molecule has 0 spiro atoms. The number of hydrogen-bond acceptors (Lipinski definition) is 4. The first-order chi connectivity index (χ1) is 13.6. The summed E-state index contributed by atoms with van der Waals surface area (Å²) in [6.07, 6.45) is 2.15. The van der Waals surface area contributed by atoms with Crippen molar-refractivity contribution < 1.29 is 14.3 Å². The van der Waals surface area contributed by atoms with Crippen LogP contribution in [0.2, 0.25) is 0 Å². The van der Waals surface area contributed by atoms with Crippen LogP contribution < -0.4 is 25.4 Å². The molecule has 1 heterocycles. The van der Waals surface area contributed by atoms with Crippen molar-refractivity contribution in [2.45, 2.75) is 38.8 Å². The molecule has 2 aromatic carbocycles. The van der Waals surface area contributed by atoms with E-state index in [1.54, 1.807) is 0 Å². The molecule has 0 unspecified atom stereocenters. The predicted octanol–water partition coefficient (Wildman–Crippen LogP) is 4.55. The Morgan fingerprint density at radius 1 is 0.964 bits per heavy atom. The van der Waals surface area contributed by atoms with Gasteiger partial charge in [-0.3, -0.25) is 0 Å². The molecule has 0 aromatic heterocycles. The van der Waals surface area contributed by atoms with Crippen molar-refractivity contribution in [3.8, 4) is 11.5 Å². The van der Waals surface area contributed by atoms with Crippen LogP contribution in [0.4, 0.5) is 16.2 Å². The normalized spacial score (nSPS) is 16.4. The third-order valence-electron chi connectivity index (χ3n) is 4.97. The minimum Gasteiger partial charge on any atom is -0.486 e. The van der Waals surface area contributed by atoms with E-state index in [4.69, 9.17) is 9.47 Å². The smallest absolute Gasteiger partial charge is 0.319 e. The molecule has 3 N–H and O–H groups in total. The number of fused-ring (bicyclic) bond motifs is 1. The van der Waals surface area contributed by atoms with E-state index >= 15 is 0 Å². The van der Waals surface area contributed by atoms with Crippen LogP contribution in [0.25, 0.3) is 0 Å². The summed E-state index contributed by atoms with van der Waals surface area (Å²) < 4.78 is 11.4. The van der Waals surface area contributed by atoms with Gasteiger partial charge in [-0.15, -0.1) is 0 Å². The molecule has 1 saturated carbocycles. The molecular weight excluding hydrogens is 354 g/mol. The second-order valence-corrected chi connectivity index (χ2v) is 7.72. The Hall–Kier alpha value is -2.89. The number of carbonyl (C=O) groups excluding carboxylic acids is 1. The molecule has 6 heteroatoms. The number of ether oxygens (including phenoxy) is 2. The van der Waals surface area contributed by atoms with Gasteiger partial charge in [0.1, 0.15) is 13.2 Å². The Labute approximate surface area is 165 Å². The van der Waals surface area contributed by atoms with Crippen LogP contribution in [0, 0.1) is 5.92 Å². The first-order valence-corrected chi connectivity index (χ1v) is 9.92. The van der Waals surface area contributed by atoms with E-state index in [2.05, 4.69) is 41.9 Å². The number of hydrogen-bond donors (Lipinski definition) is 3. The van der Waals surface area contributed by atoms with Crippen molar-refractivity contribution in [2.75, 3.05) is 23.8 Å². The molecule has 2 aliphatic rings. The average Bonchev–Trinajstić information content (AvgIpc) is 3.50. The lowest BCUT2D eigenvalue weighted by Gasteiger charge is -2.26. The second kappa shape index (κ2) is 8.00. The van der Waals surface area contributed by atoms with Crippen LogP contribution in [-0.2, 0) is 0 Å². The van der Waals surface area contributed by atoms with Crippen LogP contribution in [0.1, 0.15) is 38.3 Å². The fourth-order valence-electron chi connectivity index (χ4n) is 3.30. The number of carbonyl (C=O) groups is 1. The van der Waals surface area contributed by atoms with Crippen molar-refractivity contribution in [2.24, 2.45) is 5.92 Å². The molecule has 4 rings (SSSR count). The van der Waals surface area contributed by atoms with Gasteiger partial charge in [-0.25, -0.2) is 4.79 Å². The van der Waals surface area contributed by atoms with Gasteiger partial charge in [0.25, 0.3) is 0 Å². The standard InChI is InChI=1S/C22H27N3O3/c1-14(2)21(15-3-10-19-20(13-15)28-12-11-27-19)23-16-4-6-17(7-5-16)24-22(26)25-18-8-9-18/h3-7,10,13-14,18,21,23H,8-9,11-12H2,1-2H3,(H2,24,25,26)/t21-/m1/s1. The van der Waals surface area contributed by atoms with Crippen LogP contribution in [0.15, 0.2) is 42.5 Å². The van der Waals surface area contributed by atoms with Crippen molar-refractivity contribution in [1.82, 2.24) is 5.32 Å². The summed E-state index contributed by atoms with van der Waals surface area (Å²) in [6.45, 7) is 5.55. The number of nitrogens with one attached hydrogen (secondary N) is 3. The lowest BCUT2D eigenvalue weighted by Crippen LogP contribution is -2.30. The minimum absolute atomic E-state index is 0.132. The van der Waals surface area contributed by atoms with Gasteiger partial charge < -0.3 is 25.4 Å². The molecule has 6 nitrogen and oxygen atoms in total. The topological polar surface area (TPSA) is 71.6 Å². The van der Waals surface area contributed by atoms with E-state index in [0.29, 0.717) is 25.2 Å². The molecule has 2 aromatic rings. The van der Waals surface area contributed by atoms with Gasteiger partial charge >= 0.3 is 6.03 Å². The van der Waals surface area contributed by atoms with Crippen molar-refractivity contribution in [3.63, 3.8) is 0 Å². The van der Waals surface area contributed by atoms with Gasteiger partial charge in [0.05, 0.1) is 6.04 Å². The molecule has 1 atom stereocenters.